The van der Waals surface area contributed by atoms with Crippen LogP contribution in [-0.4, -0.2) is 41.1 Å². The predicted molar refractivity (Wildman–Crippen MR) is 131 cm³/mol. The van der Waals surface area contributed by atoms with Crippen LogP contribution in [0.3, 0.4) is 0 Å². The van der Waals surface area contributed by atoms with Gasteiger partial charge in [0.25, 0.3) is 0 Å². The first kappa shape index (κ1) is 22.6. The normalized spacial score (nSPS) is 11.2. The predicted octanol–water partition coefficient (Wildman–Crippen LogP) is 4.04. The van der Waals surface area contributed by atoms with Gasteiger partial charge in [-0.1, -0.05) is 72.4 Å². The van der Waals surface area contributed by atoms with Crippen LogP contribution in [0.15, 0.2) is 90.1 Å². The lowest BCUT2D eigenvalue weighted by molar-refractivity contribution is -0.113. The van der Waals surface area contributed by atoms with Crippen molar-refractivity contribution in [3.05, 3.63) is 84.9 Å². The Morgan fingerprint density at radius 2 is 1.48 bits per heavy atom. The fourth-order valence-corrected chi connectivity index (χ4v) is 4.47. The third kappa shape index (κ3) is 5.79. The molecule has 0 aliphatic carbocycles. The number of nitrogens with zero attached hydrogens (tertiary/aromatic N) is 3. The lowest BCUT2D eigenvalue weighted by Gasteiger charge is -2.12. The quantitative estimate of drug-likeness (QED) is 0.370. The highest BCUT2D eigenvalue weighted by Crippen LogP contribution is 2.28. The van der Waals surface area contributed by atoms with Gasteiger partial charge in [-0.2, -0.15) is 0 Å². The van der Waals surface area contributed by atoms with Crippen molar-refractivity contribution in [1.29, 1.82) is 0 Å². The average Bonchev–Trinajstić information content (AvgIpc) is 3.23. The fourth-order valence-electron chi connectivity index (χ4n) is 3.14. The Bertz CT molecular complexity index is 1360. The zero-order valence-corrected chi connectivity index (χ0v) is 19.3. The molecule has 1 amide bonds. The summed E-state index contributed by atoms with van der Waals surface area (Å²) in [6.07, 6.45) is 1.06. The van der Waals surface area contributed by atoms with Gasteiger partial charge in [-0.05, 0) is 24.3 Å². The molecular weight excluding hydrogens is 458 g/mol. The van der Waals surface area contributed by atoms with E-state index in [-0.39, 0.29) is 11.7 Å². The number of amides is 1. The smallest absolute Gasteiger partial charge is 0.234 e. The van der Waals surface area contributed by atoms with Crippen LogP contribution >= 0.6 is 11.8 Å². The fraction of sp³-hybridized carbons (Fsp3) is 0.0870. The van der Waals surface area contributed by atoms with Crippen molar-refractivity contribution >= 4 is 39.1 Å². The van der Waals surface area contributed by atoms with Gasteiger partial charge in [-0.25, -0.2) is 8.42 Å². The van der Waals surface area contributed by atoms with Gasteiger partial charge in [0.15, 0.2) is 11.0 Å². The lowest BCUT2D eigenvalue weighted by Crippen LogP contribution is -2.17. The molecule has 2 N–H and O–H groups in total. The van der Waals surface area contributed by atoms with Gasteiger partial charge in [0, 0.05) is 11.3 Å². The lowest BCUT2D eigenvalue weighted by atomic mass is 10.2. The molecule has 3 aromatic carbocycles. The Morgan fingerprint density at radius 1 is 0.879 bits per heavy atom. The summed E-state index contributed by atoms with van der Waals surface area (Å²) >= 11 is 1.24. The third-order valence-electron chi connectivity index (χ3n) is 4.51. The third-order valence-corrected chi connectivity index (χ3v) is 6.03. The summed E-state index contributed by atoms with van der Waals surface area (Å²) in [6.45, 7) is 0. The van der Waals surface area contributed by atoms with E-state index in [2.05, 4.69) is 20.2 Å². The highest BCUT2D eigenvalue weighted by atomic mass is 32.2. The van der Waals surface area contributed by atoms with Crippen molar-refractivity contribution < 1.29 is 13.2 Å². The molecular formula is C23H21N5O3S2. The highest BCUT2D eigenvalue weighted by Gasteiger charge is 2.17. The van der Waals surface area contributed by atoms with Gasteiger partial charge in [0.05, 0.1) is 23.4 Å². The van der Waals surface area contributed by atoms with E-state index in [1.807, 2.05) is 65.2 Å². The first-order valence-corrected chi connectivity index (χ1v) is 12.8. The minimum absolute atomic E-state index is 0.0625. The topological polar surface area (TPSA) is 106 Å². The Morgan fingerprint density at radius 3 is 2.15 bits per heavy atom. The molecule has 0 radical (unpaired) electrons. The molecule has 0 fully saturated rings. The van der Waals surface area contributed by atoms with Crippen LogP contribution < -0.4 is 10.0 Å². The summed E-state index contributed by atoms with van der Waals surface area (Å²) in [5, 5.41) is 12.0. The second-order valence-corrected chi connectivity index (χ2v) is 9.79. The summed E-state index contributed by atoms with van der Waals surface area (Å²) in [7, 11) is -3.48. The summed E-state index contributed by atoms with van der Waals surface area (Å²) in [4.78, 5) is 12.7. The number of thioether (sulfide) groups is 1. The molecule has 10 heteroatoms. The standard InChI is InChI=1S/C23H21N5O3S2/c1-33(30,31)27-20-15-9-8-14-19(20)24-21(29)16-32-23-26-25-22(17-10-4-2-5-11-17)28(23)18-12-6-3-7-13-18/h2-15,27H,16H2,1H3,(H,24,29). The van der Waals surface area contributed by atoms with Crippen LogP contribution in [0.2, 0.25) is 0 Å². The number of aromatic nitrogens is 3. The molecule has 0 saturated heterocycles. The Hall–Kier alpha value is -3.63. The molecule has 1 heterocycles. The molecule has 0 spiro atoms. The SMILES string of the molecule is CS(=O)(=O)Nc1ccccc1NC(=O)CSc1nnc(-c2ccccc2)n1-c1ccccc1. The van der Waals surface area contributed by atoms with Crippen molar-refractivity contribution in [2.75, 3.05) is 22.0 Å². The summed E-state index contributed by atoms with van der Waals surface area (Å²) in [6, 6.07) is 26.0. The first-order chi connectivity index (χ1) is 15.9. The van der Waals surface area contributed by atoms with Gasteiger partial charge in [0.2, 0.25) is 15.9 Å². The first-order valence-electron chi connectivity index (χ1n) is 9.96. The maximum atomic E-state index is 12.7. The molecule has 0 saturated carbocycles. The number of benzene rings is 3. The zero-order chi connectivity index (χ0) is 23.3. The monoisotopic (exact) mass is 479 g/mol. The van der Waals surface area contributed by atoms with Crippen molar-refractivity contribution in [3.63, 3.8) is 0 Å². The van der Waals surface area contributed by atoms with Crippen LogP contribution in [0.5, 0.6) is 0 Å². The van der Waals surface area contributed by atoms with E-state index >= 15 is 0 Å². The maximum Gasteiger partial charge on any atom is 0.234 e. The van der Waals surface area contributed by atoms with Crippen LogP contribution in [0.4, 0.5) is 11.4 Å². The van der Waals surface area contributed by atoms with Gasteiger partial charge in [-0.15, -0.1) is 10.2 Å². The zero-order valence-electron chi connectivity index (χ0n) is 17.7. The van der Waals surface area contributed by atoms with E-state index < -0.39 is 10.0 Å². The number of anilines is 2. The van der Waals surface area contributed by atoms with Gasteiger partial charge in [0.1, 0.15) is 0 Å². The number of carbonyl (C=O) groups is 1. The molecule has 168 valence electrons. The van der Waals surface area contributed by atoms with Crippen molar-refractivity contribution in [3.8, 4) is 17.1 Å². The van der Waals surface area contributed by atoms with Crippen LogP contribution in [0, 0.1) is 0 Å². The van der Waals surface area contributed by atoms with Crippen molar-refractivity contribution in [2.45, 2.75) is 5.16 Å². The van der Waals surface area contributed by atoms with Crippen molar-refractivity contribution in [1.82, 2.24) is 14.8 Å². The van der Waals surface area contributed by atoms with Crippen molar-refractivity contribution in [2.24, 2.45) is 0 Å². The van der Waals surface area contributed by atoms with E-state index in [1.165, 1.54) is 11.8 Å². The summed E-state index contributed by atoms with van der Waals surface area (Å²) in [5.74, 6) is 0.437. The number of rotatable bonds is 8. The molecule has 4 rings (SSSR count). The molecule has 33 heavy (non-hydrogen) atoms. The molecule has 4 aromatic rings. The van der Waals surface area contributed by atoms with Crippen LogP contribution in [0.25, 0.3) is 17.1 Å². The minimum Gasteiger partial charge on any atom is -0.324 e. The number of hydrogen-bond acceptors (Lipinski definition) is 6. The number of carbonyl (C=O) groups excluding carboxylic acids is 1. The molecule has 0 aliphatic rings. The Labute approximate surface area is 196 Å². The molecule has 1 aromatic heterocycles. The van der Waals surface area contributed by atoms with E-state index in [1.54, 1.807) is 24.3 Å². The summed E-state index contributed by atoms with van der Waals surface area (Å²) < 4.78 is 27.5. The van der Waals surface area contributed by atoms with Crippen LogP contribution in [-0.2, 0) is 14.8 Å². The Balaban J connectivity index is 1.55. The molecule has 0 bridgehead atoms. The van der Waals surface area contributed by atoms with Gasteiger partial charge in [-0.3, -0.25) is 14.1 Å². The maximum absolute atomic E-state index is 12.7. The second kappa shape index (κ2) is 9.88. The van der Waals surface area contributed by atoms with Crippen LogP contribution in [0.1, 0.15) is 0 Å². The largest absolute Gasteiger partial charge is 0.324 e. The van der Waals surface area contributed by atoms with E-state index in [0.717, 1.165) is 17.5 Å². The molecule has 0 atom stereocenters. The number of hydrogen-bond donors (Lipinski definition) is 2. The van der Waals surface area contributed by atoms with Gasteiger partial charge < -0.3 is 5.32 Å². The number of sulfonamides is 1. The number of nitrogens with one attached hydrogen (secondary N) is 2. The molecule has 0 aliphatic heterocycles. The Kier molecular flexibility index (Phi) is 6.76. The van der Waals surface area contributed by atoms with E-state index in [4.69, 9.17) is 0 Å². The van der Waals surface area contributed by atoms with E-state index in [0.29, 0.717) is 22.4 Å². The minimum atomic E-state index is -3.48. The van der Waals surface area contributed by atoms with E-state index in [9.17, 15) is 13.2 Å². The second-order valence-electron chi connectivity index (χ2n) is 7.10. The molecule has 8 nitrogen and oxygen atoms in total. The highest BCUT2D eigenvalue weighted by molar-refractivity contribution is 7.99. The molecule has 0 unspecified atom stereocenters. The average molecular weight is 480 g/mol. The summed E-state index contributed by atoms with van der Waals surface area (Å²) in [5.41, 5.74) is 2.47. The number of para-hydroxylation sites is 3. The van der Waals surface area contributed by atoms with Gasteiger partial charge >= 0.3 is 0 Å².